The number of carbonyl (C=O) groups is 2. The van der Waals surface area contributed by atoms with E-state index >= 15 is 0 Å². The normalized spacial score (nSPS) is 12.3. The van der Waals surface area contributed by atoms with Crippen LogP contribution in [0.25, 0.3) is 0 Å². The van der Waals surface area contributed by atoms with E-state index in [-0.39, 0.29) is 31.6 Å². The Morgan fingerprint density at radius 1 is 1.05 bits per heavy atom. The molecule has 0 heterocycles. The molecule has 0 unspecified atom stereocenters. The van der Waals surface area contributed by atoms with Gasteiger partial charge in [0.25, 0.3) is 0 Å². The number of carbonyl (C=O) groups excluding carboxylic acids is 2. The SMILES string of the molecule is COCOCC(=O)C(C)(C)CCC(=O)OC(C)(C)C. The molecule has 5 heteroatoms. The molecule has 0 N–H and O–H groups in total. The van der Waals surface area contributed by atoms with Crippen molar-refractivity contribution in [1.29, 1.82) is 0 Å². The number of ketones is 1. The maximum Gasteiger partial charge on any atom is 0.306 e. The van der Waals surface area contributed by atoms with E-state index in [9.17, 15) is 9.59 Å². The highest BCUT2D eigenvalue weighted by Gasteiger charge is 2.29. The predicted octanol–water partition coefficient (Wildman–Crippen LogP) is 2.32. The van der Waals surface area contributed by atoms with Gasteiger partial charge < -0.3 is 14.2 Å². The Kier molecular flexibility index (Phi) is 7.23. The maximum atomic E-state index is 11.9. The van der Waals surface area contributed by atoms with Gasteiger partial charge in [0.2, 0.25) is 0 Å². The number of hydrogen-bond acceptors (Lipinski definition) is 5. The fourth-order valence-electron chi connectivity index (χ4n) is 1.36. The van der Waals surface area contributed by atoms with Crippen LogP contribution in [-0.2, 0) is 23.8 Å². The van der Waals surface area contributed by atoms with E-state index in [0.717, 1.165) is 0 Å². The van der Waals surface area contributed by atoms with Gasteiger partial charge in [0, 0.05) is 18.9 Å². The molecule has 0 bridgehead atoms. The average molecular weight is 274 g/mol. The lowest BCUT2D eigenvalue weighted by Gasteiger charge is -2.24. The Morgan fingerprint density at radius 2 is 1.63 bits per heavy atom. The van der Waals surface area contributed by atoms with Gasteiger partial charge in [-0.25, -0.2) is 0 Å². The number of esters is 1. The van der Waals surface area contributed by atoms with Gasteiger partial charge >= 0.3 is 5.97 Å². The molecule has 0 aliphatic rings. The topological polar surface area (TPSA) is 61.8 Å². The van der Waals surface area contributed by atoms with Gasteiger partial charge in [0.05, 0.1) is 0 Å². The van der Waals surface area contributed by atoms with E-state index in [1.54, 1.807) is 13.8 Å². The van der Waals surface area contributed by atoms with Crippen molar-refractivity contribution >= 4 is 11.8 Å². The molecule has 0 aliphatic heterocycles. The first kappa shape index (κ1) is 18.1. The second-order valence-corrected chi connectivity index (χ2v) is 6.15. The van der Waals surface area contributed by atoms with Crippen LogP contribution in [0.15, 0.2) is 0 Å². The summed E-state index contributed by atoms with van der Waals surface area (Å²) in [5.41, 5.74) is -1.10. The van der Waals surface area contributed by atoms with Crippen LogP contribution in [-0.4, -0.2) is 37.9 Å². The number of Topliss-reactive ketones (excluding diaryl/α,β-unsaturated/α-hetero) is 1. The Hall–Kier alpha value is -0.940. The monoisotopic (exact) mass is 274 g/mol. The Balaban J connectivity index is 4.15. The molecule has 112 valence electrons. The van der Waals surface area contributed by atoms with Crippen LogP contribution in [0.5, 0.6) is 0 Å². The Labute approximate surface area is 115 Å². The lowest BCUT2D eigenvalue weighted by atomic mass is 9.83. The number of methoxy groups -OCH3 is 1. The zero-order valence-electron chi connectivity index (χ0n) is 12.9. The molecule has 0 aromatic rings. The van der Waals surface area contributed by atoms with Crippen LogP contribution in [0, 0.1) is 5.41 Å². The Bertz CT molecular complexity index is 301. The highest BCUT2D eigenvalue weighted by atomic mass is 16.7. The van der Waals surface area contributed by atoms with Crippen molar-refractivity contribution in [3.05, 3.63) is 0 Å². The lowest BCUT2D eigenvalue weighted by molar-refractivity contribution is -0.155. The lowest BCUT2D eigenvalue weighted by Crippen LogP contribution is -2.30. The smallest absolute Gasteiger partial charge is 0.306 e. The highest BCUT2D eigenvalue weighted by molar-refractivity contribution is 5.85. The van der Waals surface area contributed by atoms with E-state index < -0.39 is 11.0 Å². The van der Waals surface area contributed by atoms with Crippen molar-refractivity contribution in [2.75, 3.05) is 20.5 Å². The van der Waals surface area contributed by atoms with Gasteiger partial charge in [0.1, 0.15) is 19.0 Å². The van der Waals surface area contributed by atoms with Crippen molar-refractivity contribution in [3.63, 3.8) is 0 Å². The fourth-order valence-corrected chi connectivity index (χ4v) is 1.36. The van der Waals surface area contributed by atoms with Gasteiger partial charge in [-0.2, -0.15) is 0 Å². The summed E-state index contributed by atoms with van der Waals surface area (Å²) in [4.78, 5) is 23.5. The third kappa shape index (κ3) is 8.72. The average Bonchev–Trinajstić information content (AvgIpc) is 2.24. The molecule has 0 saturated heterocycles. The largest absolute Gasteiger partial charge is 0.460 e. The number of hydrogen-bond donors (Lipinski definition) is 0. The first-order valence-corrected chi connectivity index (χ1v) is 6.40. The van der Waals surface area contributed by atoms with Crippen molar-refractivity contribution in [3.8, 4) is 0 Å². The minimum atomic E-state index is -0.607. The number of rotatable bonds is 8. The van der Waals surface area contributed by atoms with E-state index in [4.69, 9.17) is 14.2 Å². The predicted molar refractivity (Wildman–Crippen MR) is 71.7 cm³/mol. The maximum absolute atomic E-state index is 11.9. The third-order valence-corrected chi connectivity index (χ3v) is 2.56. The standard InChI is InChI=1S/C14H26O5/c1-13(2,3)19-12(16)7-8-14(4,5)11(15)9-18-10-17-6/h7-10H2,1-6H3. The summed E-state index contributed by atoms with van der Waals surface area (Å²) in [6.45, 7) is 9.15. The van der Waals surface area contributed by atoms with Crippen molar-refractivity contribution < 1.29 is 23.8 Å². The molecule has 0 aromatic carbocycles. The highest BCUT2D eigenvalue weighted by Crippen LogP contribution is 2.24. The second kappa shape index (κ2) is 7.60. The van der Waals surface area contributed by atoms with Gasteiger partial charge in [-0.15, -0.1) is 0 Å². The molecule has 0 radical (unpaired) electrons. The molecule has 19 heavy (non-hydrogen) atoms. The molecular weight excluding hydrogens is 248 g/mol. The molecule has 0 atom stereocenters. The first-order valence-electron chi connectivity index (χ1n) is 6.40. The molecule has 0 amide bonds. The van der Waals surface area contributed by atoms with E-state index in [1.807, 2.05) is 20.8 Å². The summed E-state index contributed by atoms with van der Waals surface area (Å²) in [6.07, 6.45) is 0.664. The fraction of sp³-hybridized carbons (Fsp3) is 0.857. The summed E-state index contributed by atoms with van der Waals surface area (Å²) in [6, 6.07) is 0. The molecule has 0 spiro atoms. The first-order chi connectivity index (χ1) is 8.58. The summed E-state index contributed by atoms with van der Waals surface area (Å²) >= 11 is 0. The van der Waals surface area contributed by atoms with Gasteiger partial charge in [-0.1, -0.05) is 13.8 Å². The second-order valence-electron chi connectivity index (χ2n) is 6.15. The van der Waals surface area contributed by atoms with Gasteiger partial charge in [-0.3, -0.25) is 9.59 Å². The quantitative estimate of drug-likeness (QED) is 0.386. The molecule has 0 fully saturated rings. The van der Waals surface area contributed by atoms with E-state index in [2.05, 4.69) is 0 Å². The van der Waals surface area contributed by atoms with Crippen molar-refractivity contribution in [2.24, 2.45) is 5.41 Å². The van der Waals surface area contributed by atoms with Crippen LogP contribution < -0.4 is 0 Å². The van der Waals surface area contributed by atoms with Crippen LogP contribution >= 0.6 is 0 Å². The van der Waals surface area contributed by atoms with Crippen LogP contribution in [0.1, 0.15) is 47.5 Å². The molecule has 5 nitrogen and oxygen atoms in total. The zero-order valence-corrected chi connectivity index (χ0v) is 12.9. The Morgan fingerprint density at radius 3 is 2.11 bits per heavy atom. The molecule has 0 aromatic heterocycles. The van der Waals surface area contributed by atoms with Crippen LogP contribution in [0.4, 0.5) is 0 Å². The molecular formula is C14H26O5. The molecule has 0 rings (SSSR count). The van der Waals surface area contributed by atoms with Crippen LogP contribution in [0.3, 0.4) is 0 Å². The van der Waals surface area contributed by atoms with E-state index in [1.165, 1.54) is 7.11 Å². The summed E-state index contributed by atoms with van der Waals surface area (Å²) in [5.74, 6) is -0.334. The van der Waals surface area contributed by atoms with Crippen LogP contribution in [0.2, 0.25) is 0 Å². The van der Waals surface area contributed by atoms with Gasteiger partial charge in [0.15, 0.2) is 5.78 Å². The summed E-state index contributed by atoms with van der Waals surface area (Å²) in [7, 11) is 1.50. The van der Waals surface area contributed by atoms with Crippen molar-refractivity contribution in [2.45, 2.75) is 53.1 Å². The van der Waals surface area contributed by atoms with E-state index in [0.29, 0.717) is 6.42 Å². The minimum absolute atomic E-state index is 0.00480. The summed E-state index contributed by atoms with van der Waals surface area (Å²) < 4.78 is 14.9. The summed E-state index contributed by atoms with van der Waals surface area (Å²) in [5, 5.41) is 0. The van der Waals surface area contributed by atoms with Gasteiger partial charge in [-0.05, 0) is 27.2 Å². The zero-order chi connectivity index (χ0) is 15.1. The molecule has 0 saturated carbocycles. The van der Waals surface area contributed by atoms with Crippen molar-refractivity contribution in [1.82, 2.24) is 0 Å². The minimum Gasteiger partial charge on any atom is -0.460 e. The molecule has 0 aliphatic carbocycles. The third-order valence-electron chi connectivity index (χ3n) is 2.56. The number of ether oxygens (including phenoxy) is 3.